The molecule has 0 spiro atoms. The molecule has 0 aliphatic carbocycles. The summed E-state index contributed by atoms with van der Waals surface area (Å²) >= 11 is 6.85. The summed E-state index contributed by atoms with van der Waals surface area (Å²) in [6.07, 6.45) is 0.850. The van der Waals surface area contributed by atoms with Gasteiger partial charge in [-0.25, -0.2) is 5.43 Å². The van der Waals surface area contributed by atoms with Crippen molar-refractivity contribution >= 4 is 44.0 Å². The fraction of sp³-hybridized carbons (Fsp3) is 0.130. The topological polar surface area (TPSA) is 59.9 Å². The summed E-state index contributed by atoms with van der Waals surface area (Å²) in [5.74, 6) is 0.915. The molecule has 1 atom stereocenters. The van der Waals surface area contributed by atoms with E-state index in [2.05, 4.69) is 42.4 Å². The highest BCUT2D eigenvalue weighted by Crippen LogP contribution is 2.25. The van der Waals surface area contributed by atoms with Crippen LogP contribution < -0.4 is 14.9 Å². The number of carbonyl (C=O) groups is 1. The van der Waals surface area contributed by atoms with Crippen LogP contribution in [-0.2, 0) is 11.4 Å². The second kappa shape index (κ2) is 10.9. The highest BCUT2D eigenvalue weighted by Gasteiger charge is 2.15. The second-order valence-corrected chi connectivity index (χ2v) is 8.15. The number of para-hydroxylation sites is 2. The zero-order chi connectivity index (χ0) is 21.3. The summed E-state index contributed by atoms with van der Waals surface area (Å²) in [4.78, 5) is 12.3. The van der Waals surface area contributed by atoms with Gasteiger partial charge in [0.15, 0.2) is 6.10 Å². The molecule has 0 bridgehead atoms. The summed E-state index contributed by atoms with van der Waals surface area (Å²) < 4.78 is 13.4. The minimum Gasteiger partial charge on any atom is -0.488 e. The predicted molar refractivity (Wildman–Crippen MR) is 125 cm³/mol. The number of nitrogens with zero attached hydrogens (tertiary/aromatic N) is 1. The van der Waals surface area contributed by atoms with E-state index in [9.17, 15) is 4.79 Å². The van der Waals surface area contributed by atoms with E-state index >= 15 is 0 Å². The fourth-order valence-electron chi connectivity index (χ4n) is 2.55. The maximum atomic E-state index is 12.3. The molecule has 3 aromatic rings. The van der Waals surface area contributed by atoms with Crippen LogP contribution in [0, 0.1) is 0 Å². The maximum Gasteiger partial charge on any atom is 0.280 e. The largest absolute Gasteiger partial charge is 0.488 e. The van der Waals surface area contributed by atoms with Crippen LogP contribution in [0.5, 0.6) is 11.5 Å². The minimum absolute atomic E-state index is 0.352. The first-order valence-corrected chi connectivity index (χ1v) is 10.8. The fourth-order valence-corrected chi connectivity index (χ4v) is 3.37. The molecule has 3 aromatic carbocycles. The molecule has 30 heavy (non-hydrogen) atoms. The van der Waals surface area contributed by atoms with Crippen LogP contribution in [0.15, 0.2) is 86.8 Å². The zero-order valence-electron chi connectivity index (χ0n) is 16.2. The molecule has 0 saturated heterocycles. The number of carbonyl (C=O) groups excluding carboxylic acids is 1. The van der Waals surface area contributed by atoms with E-state index in [-0.39, 0.29) is 5.91 Å². The molecule has 0 heterocycles. The number of nitrogens with one attached hydrogen (secondary N) is 1. The molecule has 1 unspecified atom stereocenters. The third-order valence-electron chi connectivity index (χ3n) is 4.09. The molecular formula is C23H20Br2N2O3. The van der Waals surface area contributed by atoms with Crippen molar-refractivity contribution in [3.63, 3.8) is 0 Å². The molecule has 0 fully saturated rings. The first-order valence-electron chi connectivity index (χ1n) is 9.23. The Morgan fingerprint density at radius 2 is 1.77 bits per heavy atom. The van der Waals surface area contributed by atoms with Gasteiger partial charge in [0.25, 0.3) is 5.91 Å². The van der Waals surface area contributed by atoms with E-state index in [1.807, 2.05) is 66.7 Å². The Morgan fingerprint density at radius 1 is 1.03 bits per heavy atom. The Kier molecular flexibility index (Phi) is 8.04. The quantitative estimate of drug-likeness (QED) is 0.299. The highest BCUT2D eigenvalue weighted by molar-refractivity contribution is 9.10. The minimum atomic E-state index is -0.705. The lowest BCUT2D eigenvalue weighted by Crippen LogP contribution is -2.33. The van der Waals surface area contributed by atoms with E-state index in [0.29, 0.717) is 18.1 Å². The van der Waals surface area contributed by atoms with Gasteiger partial charge < -0.3 is 9.47 Å². The van der Waals surface area contributed by atoms with Gasteiger partial charge in [0.1, 0.15) is 18.1 Å². The van der Waals surface area contributed by atoms with Gasteiger partial charge in [-0.1, -0.05) is 52.3 Å². The van der Waals surface area contributed by atoms with Crippen molar-refractivity contribution in [2.75, 3.05) is 0 Å². The first-order chi connectivity index (χ1) is 14.5. The van der Waals surface area contributed by atoms with Crippen LogP contribution in [0.4, 0.5) is 0 Å². The molecule has 3 rings (SSSR count). The lowest BCUT2D eigenvalue weighted by molar-refractivity contribution is -0.127. The van der Waals surface area contributed by atoms with E-state index in [1.54, 1.807) is 19.2 Å². The van der Waals surface area contributed by atoms with Crippen molar-refractivity contribution < 1.29 is 14.3 Å². The SMILES string of the molecule is CC(Oc1ccccc1Br)C(=O)N/N=C/c1ccccc1OCc1cccc(Br)c1. The number of hydrogen-bond acceptors (Lipinski definition) is 4. The molecule has 1 amide bonds. The summed E-state index contributed by atoms with van der Waals surface area (Å²) in [5, 5.41) is 4.05. The van der Waals surface area contributed by atoms with Crippen LogP contribution in [0.3, 0.4) is 0 Å². The van der Waals surface area contributed by atoms with Crippen molar-refractivity contribution in [3.05, 3.63) is 92.9 Å². The summed E-state index contributed by atoms with van der Waals surface area (Å²) in [7, 11) is 0. The Hall–Kier alpha value is -2.64. The van der Waals surface area contributed by atoms with Crippen molar-refractivity contribution in [2.24, 2.45) is 5.10 Å². The number of halogens is 2. The Morgan fingerprint density at radius 3 is 2.53 bits per heavy atom. The Bertz CT molecular complexity index is 1040. The van der Waals surface area contributed by atoms with Crippen LogP contribution in [0.25, 0.3) is 0 Å². The highest BCUT2D eigenvalue weighted by atomic mass is 79.9. The normalized spacial score (nSPS) is 11.8. The number of benzene rings is 3. The molecule has 0 aliphatic heterocycles. The third-order valence-corrected chi connectivity index (χ3v) is 5.24. The average Bonchev–Trinajstić information content (AvgIpc) is 2.74. The van der Waals surface area contributed by atoms with E-state index in [1.165, 1.54) is 0 Å². The van der Waals surface area contributed by atoms with E-state index in [4.69, 9.17) is 9.47 Å². The van der Waals surface area contributed by atoms with E-state index < -0.39 is 6.10 Å². The molecule has 0 radical (unpaired) electrons. The standard InChI is InChI=1S/C23H20Br2N2O3/c1-16(30-22-12-5-3-10-20(22)25)23(28)27-26-14-18-8-2-4-11-21(18)29-15-17-7-6-9-19(24)13-17/h2-14,16H,15H2,1H3,(H,27,28)/b26-14+. The lowest BCUT2D eigenvalue weighted by atomic mass is 10.2. The van der Waals surface area contributed by atoms with Crippen LogP contribution >= 0.6 is 31.9 Å². The van der Waals surface area contributed by atoms with Gasteiger partial charge in [0, 0.05) is 10.0 Å². The molecule has 154 valence electrons. The Balaban J connectivity index is 1.58. The van der Waals surface area contributed by atoms with Gasteiger partial charge in [-0.2, -0.15) is 5.10 Å². The second-order valence-electron chi connectivity index (χ2n) is 6.38. The van der Waals surface area contributed by atoms with Crippen LogP contribution in [0.2, 0.25) is 0 Å². The van der Waals surface area contributed by atoms with Gasteiger partial charge in [-0.3, -0.25) is 4.79 Å². The third kappa shape index (κ3) is 6.43. The molecule has 0 saturated carbocycles. The Labute approximate surface area is 192 Å². The van der Waals surface area contributed by atoms with Crippen molar-refractivity contribution in [2.45, 2.75) is 19.6 Å². The number of ether oxygens (including phenoxy) is 2. The number of rotatable bonds is 8. The van der Waals surface area contributed by atoms with Crippen LogP contribution in [0.1, 0.15) is 18.1 Å². The zero-order valence-corrected chi connectivity index (χ0v) is 19.4. The van der Waals surface area contributed by atoms with Gasteiger partial charge in [0.05, 0.1) is 10.7 Å². The number of amides is 1. The van der Waals surface area contributed by atoms with Crippen LogP contribution in [-0.4, -0.2) is 18.2 Å². The van der Waals surface area contributed by atoms with Crippen molar-refractivity contribution in [3.8, 4) is 11.5 Å². The first kappa shape index (κ1) is 22.1. The predicted octanol–water partition coefficient (Wildman–Crippen LogP) is 5.71. The molecule has 1 N–H and O–H groups in total. The van der Waals surface area contributed by atoms with Crippen molar-refractivity contribution in [1.82, 2.24) is 5.43 Å². The smallest absolute Gasteiger partial charge is 0.280 e. The molecule has 5 nitrogen and oxygen atoms in total. The summed E-state index contributed by atoms with van der Waals surface area (Å²) in [5.41, 5.74) is 4.31. The van der Waals surface area contributed by atoms with Gasteiger partial charge in [-0.05, 0) is 64.8 Å². The lowest BCUT2D eigenvalue weighted by Gasteiger charge is -2.14. The molecule has 0 aliphatic rings. The van der Waals surface area contributed by atoms with Gasteiger partial charge in [0.2, 0.25) is 0 Å². The molecule has 7 heteroatoms. The molecule has 0 aromatic heterocycles. The summed E-state index contributed by atoms with van der Waals surface area (Å²) in [6.45, 7) is 2.09. The number of hydrazone groups is 1. The van der Waals surface area contributed by atoms with E-state index in [0.717, 1.165) is 20.1 Å². The monoisotopic (exact) mass is 530 g/mol. The number of hydrogen-bond donors (Lipinski definition) is 1. The van der Waals surface area contributed by atoms with Gasteiger partial charge in [-0.15, -0.1) is 0 Å². The van der Waals surface area contributed by atoms with Crippen molar-refractivity contribution in [1.29, 1.82) is 0 Å². The van der Waals surface area contributed by atoms with Gasteiger partial charge >= 0.3 is 0 Å². The molecular weight excluding hydrogens is 512 g/mol. The maximum absolute atomic E-state index is 12.3. The average molecular weight is 532 g/mol. The summed E-state index contributed by atoms with van der Waals surface area (Å²) in [6, 6.07) is 22.8.